The molecule has 0 fully saturated rings. The van der Waals surface area contributed by atoms with Crippen molar-refractivity contribution in [1.29, 1.82) is 0 Å². The summed E-state index contributed by atoms with van der Waals surface area (Å²) in [7, 11) is -0.665. The standard InChI is InChI=1S/C42H31N2P/c1-42(23-13-4-14-24-42)41-26-30(25-36(43-41)29-15-5-2-6-16-29)44-37-21-11-9-19-32(37)34-27-35-33-20-10-12-22-39(33)45(40(35)28-38(34)44)31-17-7-3-8-18-31/h2-23,25-28H,24H2,1H3. The lowest BCUT2D eigenvalue weighted by Gasteiger charge is -2.27. The van der Waals surface area contributed by atoms with Crippen molar-refractivity contribution in [3.8, 4) is 22.2 Å². The number of nitrogens with zero attached hydrogens (tertiary/aromatic N) is 2. The molecule has 1 aliphatic rings. The fourth-order valence-corrected chi connectivity index (χ4v) is 9.81. The Labute approximate surface area is 263 Å². The van der Waals surface area contributed by atoms with Gasteiger partial charge in [-0.05, 0) is 52.8 Å². The monoisotopic (exact) mass is 594 g/mol. The van der Waals surface area contributed by atoms with E-state index in [1.807, 2.05) is 0 Å². The van der Waals surface area contributed by atoms with E-state index in [0.29, 0.717) is 0 Å². The van der Waals surface area contributed by atoms with Crippen molar-refractivity contribution in [3.63, 3.8) is 0 Å². The van der Waals surface area contributed by atoms with Gasteiger partial charge in [0, 0.05) is 32.0 Å². The first-order chi connectivity index (χ1) is 22.2. The molecular formula is C42H31N2P. The van der Waals surface area contributed by atoms with Gasteiger partial charge in [0.25, 0.3) is 0 Å². The van der Waals surface area contributed by atoms with Crippen LogP contribution in [0.5, 0.6) is 0 Å². The zero-order valence-electron chi connectivity index (χ0n) is 25.1. The summed E-state index contributed by atoms with van der Waals surface area (Å²) in [6.45, 7) is 2.30. The topological polar surface area (TPSA) is 17.8 Å². The van der Waals surface area contributed by atoms with Crippen LogP contribution in [-0.4, -0.2) is 9.55 Å². The maximum Gasteiger partial charge on any atom is 0.0726 e. The fourth-order valence-electron chi connectivity index (χ4n) is 7.18. The average Bonchev–Trinajstić information content (AvgIpc) is 3.60. The second-order valence-corrected chi connectivity index (χ2v) is 14.4. The van der Waals surface area contributed by atoms with E-state index < -0.39 is 7.53 Å². The summed E-state index contributed by atoms with van der Waals surface area (Å²) in [5.41, 5.74) is 6.64. The van der Waals surface area contributed by atoms with E-state index in [9.17, 15) is 0 Å². The van der Waals surface area contributed by atoms with Gasteiger partial charge in [0.1, 0.15) is 0 Å². The first-order valence-corrected chi connectivity index (χ1v) is 17.0. The molecule has 2 nitrogen and oxygen atoms in total. The summed E-state index contributed by atoms with van der Waals surface area (Å²) in [4.78, 5) is 5.31. The molecule has 1 aliphatic carbocycles. The Hall–Kier alpha value is -5.17. The third-order valence-electron chi connectivity index (χ3n) is 9.46. The van der Waals surface area contributed by atoms with Crippen molar-refractivity contribution in [2.75, 3.05) is 0 Å². The third-order valence-corrected chi connectivity index (χ3v) is 12.0. The summed E-state index contributed by atoms with van der Waals surface area (Å²) in [5.74, 6) is 0. The van der Waals surface area contributed by atoms with Crippen molar-refractivity contribution in [3.05, 3.63) is 163 Å². The van der Waals surface area contributed by atoms with Crippen LogP contribution in [0, 0.1) is 0 Å². The molecule has 0 bridgehead atoms. The van der Waals surface area contributed by atoms with Gasteiger partial charge in [-0.3, -0.25) is 4.98 Å². The smallest absolute Gasteiger partial charge is 0.0726 e. The van der Waals surface area contributed by atoms with E-state index in [0.717, 1.165) is 29.1 Å². The molecule has 3 aromatic heterocycles. The molecule has 9 rings (SSSR count). The lowest BCUT2D eigenvalue weighted by atomic mass is 9.80. The van der Waals surface area contributed by atoms with Crippen LogP contribution in [-0.2, 0) is 5.41 Å². The Morgan fingerprint density at radius 1 is 0.622 bits per heavy atom. The second kappa shape index (κ2) is 10.2. The van der Waals surface area contributed by atoms with Crippen LogP contribution >= 0.6 is 7.53 Å². The molecule has 2 atom stereocenters. The lowest BCUT2D eigenvalue weighted by Crippen LogP contribution is -2.21. The van der Waals surface area contributed by atoms with E-state index in [-0.39, 0.29) is 5.41 Å². The molecule has 0 amide bonds. The fraction of sp³-hybridized carbons (Fsp3) is 0.0714. The Bertz CT molecular complexity index is 2460. The molecule has 3 heterocycles. The number of hydrogen-bond acceptors (Lipinski definition) is 1. The molecule has 0 saturated heterocycles. The normalized spacial score (nSPS) is 16.8. The van der Waals surface area contributed by atoms with Crippen molar-refractivity contribution < 1.29 is 0 Å². The number of fused-ring (bicyclic) bond motifs is 6. The van der Waals surface area contributed by atoms with Gasteiger partial charge >= 0.3 is 0 Å². The maximum atomic E-state index is 5.31. The SMILES string of the molecule is CC1(c2cc(-n3c4ccccc4c4cc5c6ccccc6p(-c6ccccc6)c5cc43)cc(-c3ccccc3)n2)C=CC=CC1. The second-order valence-electron chi connectivity index (χ2n) is 12.3. The molecule has 0 spiro atoms. The Morgan fingerprint density at radius 2 is 1.36 bits per heavy atom. The van der Waals surface area contributed by atoms with E-state index in [4.69, 9.17) is 4.98 Å². The Morgan fingerprint density at radius 3 is 2.16 bits per heavy atom. The predicted octanol–water partition coefficient (Wildman–Crippen LogP) is 11.9. The molecular weight excluding hydrogens is 563 g/mol. The highest BCUT2D eigenvalue weighted by atomic mass is 31.1. The molecule has 0 radical (unpaired) electrons. The highest BCUT2D eigenvalue weighted by Gasteiger charge is 2.27. The van der Waals surface area contributed by atoms with Gasteiger partial charge in [0.2, 0.25) is 0 Å². The average molecular weight is 595 g/mol. The molecule has 45 heavy (non-hydrogen) atoms. The highest BCUT2D eigenvalue weighted by molar-refractivity contribution is 7.67. The van der Waals surface area contributed by atoms with E-state index in [2.05, 4.69) is 169 Å². The van der Waals surface area contributed by atoms with Crippen molar-refractivity contribution in [2.24, 2.45) is 0 Å². The number of allylic oxidation sites excluding steroid dienone is 4. The molecule has 0 saturated carbocycles. The Kier molecular flexibility index (Phi) is 5.95. The van der Waals surface area contributed by atoms with Crippen LogP contribution in [0.3, 0.4) is 0 Å². The van der Waals surface area contributed by atoms with Gasteiger partial charge < -0.3 is 4.57 Å². The van der Waals surface area contributed by atoms with Crippen LogP contribution in [0.4, 0.5) is 0 Å². The van der Waals surface area contributed by atoms with Crippen molar-refractivity contribution in [1.82, 2.24) is 9.55 Å². The summed E-state index contributed by atoms with van der Waals surface area (Å²) < 4.78 is 2.48. The number of rotatable bonds is 4. The number of aromatic nitrogens is 2. The molecule has 5 aromatic carbocycles. The summed E-state index contributed by atoms with van der Waals surface area (Å²) >= 11 is 0. The molecule has 0 aliphatic heterocycles. The van der Waals surface area contributed by atoms with E-state index in [1.54, 1.807) is 0 Å². The molecule has 214 valence electrons. The van der Waals surface area contributed by atoms with Gasteiger partial charge in [0.05, 0.1) is 28.1 Å². The largest absolute Gasteiger partial charge is 0.309 e. The number of hydrogen-bond donors (Lipinski definition) is 0. The van der Waals surface area contributed by atoms with Gasteiger partial charge in [-0.1, -0.05) is 142 Å². The minimum absolute atomic E-state index is 0.183. The summed E-state index contributed by atoms with van der Waals surface area (Å²) in [6.07, 6.45) is 9.78. The van der Waals surface area contributed by atoms with Gasteiger partial charge in [-0.25, -0.2) is 0 Å². The summed E-state index contributed by atoms with van der Waals surface area (Å²) in [6, 6.07) is 49.1. The van der Waals surface area contributed by atoms with Crippen LogP contribution in [0.15, 0.2) is 158 Å². The van der Waals surface area contributed by atoms with Crippen LogP contribution in [0.1, 0.15) is 19.0 Å². The number of para-hydroxylation sites is 1. The van der Waals surface area contributed by atoms with Crippen LogP contribution in [0.25, 0.3) is 65.1 Å². The highest BCUT2D eigenvalue weighted by Crippen LogP contribution is 2.56. The quantitative estimate of drug-likeness (QED) is 0.198. The first-order valence-electron chi connectivity index (χ1n) is 15.6. The molecule has 2 unspecified atom stereocenters. The number of benzene rings is 5. The molecule has 8 aromatic rings. The van der Waals surface area contributed by atoms with E-state index in [1.165, 1.54) is 48.1 Å². The van der Waals surface area contributed by atoms with Crippen molar-refractivity contribution >= 4 is 50.3 Å². The maximum absolute atomic E-state index is 5.31. The zero-order chi connectivity index (χ0) is 30.0. The first kappa shape index (κ1) is 26.3. The van der Waals surface area contributed by atoms with Gasteiger partial charge in [-0.2, -0.15) is 0 Å². The minimum atomic E-state index is -0.665. The lowest BCUT2D eigenvalue weighted by molar-refractivity contribution is 0.579. The van der Waals surface area contributed by atoms with Gasteiger partial charge in [0.15, 0.2) is 0 Å². The molecule has 3 heteroatoms. The van der Waals surface area contributed by atoms with E-state index >= 15 is 0 Å². The summed E-state index contributed by atoms with van der Waals surface area (Å²) in [5, 5.41) is 9.55. The number of pyridine rings is 1. The third kappa shape index (κ3) is 4.14. The zero-order valence-corrected chi connectivity index (χ0v) is 26.0. The van der Waals surface area contributed by atoms with Gasteiger partial charge in [-0.15, -0.1) is 0 Å². The Balaban J connectivity index is 1.40. The van der Waals surface area contributed by atoms with Crippen LogP contribution < -0.4 is 0 Å². The van der Waals surface area contributed by atoms with Crippen molar-refractivity contribution in [2.45, 2.75) is 18.8 Å². The molecule has 0 N–H and O–H groups in total. The van der Waals surface area contributed by atoms with Crippen LogP contribution in [0.2, 0.25) is 0 Å². The predicted molar refractivity (Wildman–Crippen MR) is 193 cm³/mol. The minimum Gasteiger partial charge on any atom is -0.309 e.